The summed E-state index contributed by atoms with van der Waals surface area (Å²) < 4.78 is 51.6. The summed E-state index contributed by atoms with van der Waals surface area (Å²) in [5.74, 6) is -2.64. The largest absolute Gasteiger partial charge is 0.393 e. The first kappa shape index (κ1) is 35.8. The number of unbranched alkanes of at least 4 members (excludes halogenated alkanes) is 2. The van der Waals surface area contributed by atoms with Gasteiger partial charge in [-0.2, -0.15) is 0 Å². The number of aliphatic hydroxyl groups is 2. The number of rotatable bonds is 9. The van der Waals surface area contributed by atoms with E-state index in [1.54, 1.807) is 55.6 Å². The molecule has 0 aliphatic heterocycles. The van der Waals surface area contributed by atoms with Gasteiger partial charge in [0.25, 0.3) is 0 Å². The van der Waals surface area contributed by atoms with E-state index in [4.69, 9.17) is 5.11 Å². The zero-order valence-corrected chi connectivity index (χ0v) is 24.9. The van der Waals surface area contributed by atoms with Crippen molar-refractivity contribution in [3.05, 3.63) is 121 Å². The predicted octanol–water partition coefficient (Wildman–Crippen LogP) is 7.52. The van der Waals surface area contributed by atoms with Crippen LogP contribution in [0.5, 0.6) is 0 Å². The van der Waals surface area contributed by atoms with Gasteiger partial charge in [-0.15, -0.1) is 54.6 Å². The summed E-state index contributed by atoms with van der Waals surface area (Å²) in [4.78, 5) is 7.61. The van der Waals surface area contributed by atoms with Crippen LogP contribution in [0, 0.1) is 35.4 Å². The first-order valence-electron chi connectivity index (χ1n) is 12.7. The number of aliphatic hydroxyl groups excluding tert-OH is 2. The van der Waals surface area contributed by atoms with Crippen LogP contribution in [0.2, 0.25) is 0 Å². The first-order chi connectivity index (χ1) is 19.2. The van der Waals surface area contributed by atoms with Crippen LogP contribution in [0.3, 0.4) is 0 Å². The van der Waals surface area contributed by atoms with E-state index in [2.05, 4.69) is 28.7 Å². The van der Waals surface area contributed by atoms with Crippen molar-refractivity contribution < 1.29 is 47.9 Å². The van der Waals surface area contributed by atoms with Crippen LogP contribution < -0.4 is 0 Å². The van der Waals surface area contributed by atoms with Crippen molar-refractivity contribution in [1.82, 2.24) is 9.97 Å². The molecule has 0 aliphatic carbocycles. The molecule has 0 aliphatic rings. The van der Waals surface area contributed by atoms with E-state index in [-0.39, 0.29) is 43.6 Å². The molecule has 2 unspecified atom stereocenters. The van der Waals surface area contributed by atoms with Crippen molar-refractivity contribution in [2.75, 3.05) is 0 Å². The summed E-state index contributed by atoms with van der Waals surface area (Å²) in [5.41, 5.74) is 1.27. The average Bonchev–Trinajstić information content (AvgIpc) is 2.92. The minimum atomic E-state index is -0.679. The predicted molar refractivity (Wildman–Crippen MR) is 148 cm³/mol. The SMILES string of the molecule is C=CCCCCC(O)CC(C)O.Fc1c[c-]c(-c2ccccn2)c(F)c1.Fc1cnc(-c2[c-]cccc2)c(F)c1.[Ir]. The molecule has 41 heavy (non-hydrogen) atoms. The summed E-state index contributed by atoms with van der Waals surface area (Å²) in [6, 6.07) is 20.0. The number of aromatic nitrogens is 2. The molecule has 2 N–H and O–H groups in total. The number of hydrogen-bond donors (Lipinski definition) is 2. The van der Waals surface area contributed by atoms with Gasteiger partial charge in [-0.25, -0.2) is 8.78 Å². The van der Waals surface area contributed by atoms with Gasteiger partial charge >= 0.3 is 0 Å². The fourth-order valence-electron chi connectivity index (χ4n) is 3.49. The zero-order valence-electron chi connectivity index (χ0n) is 22.5. The maximum atomic E-state index is 13.2. The number of pyridine rings is 2. The molecule has 2 aromatic heterocycles. The van der Waals surface area contributed by atoms with Crippen LogP contribution in [0.15, 0.2) is 85.7 Å². The Morgan fingerprint density at radius 2 is 1.66 bits per heavy atom. The second-order valence-corrected chi connectivity index (χ2v) is 8.83. The molecule has 221 valence electrons. The normalized spacial score (nSPS) is 11.5. The molecule has 4 aromatic rings. The zero-order chi connectivity index (χ0) is 29.3. The summed E-state index contributed by atoms with van der Waals surface area (Å²) in [6.07, 6.45) is 8.09. The Morgan fingerprint density at radius 3 is 2.24 bits per heavy atom. The number of nitrogens with zero attached hydrogens (tertiary/aromatic N) is 2. The maximum absolute atomic E-state index is 13.2. The monoisotopic (exact) mass is 745 g/mol. The molecule has 9 heteroatoms. The quantitative estimate of drug-likeness (QED) is 0.0807. The first-order valence-corrected chi connectivity index (χ1v) is 12.7. The maximum Gasteiger partial charge on any atom is 0.142 e. The van der Waals surface area contributed by atoms with Crippen LogP contribution >= 0.6 is 0 Å². The fraction of sp³-hybridized carbons (Fsp3) is 0.250. The van der Waals surface area contributed by atoms with Gasteiger partial charge in [0.2, 0.25) is 0 Å². The van der Waals surface area contributed by atoms with Gasteiger partial charge < -0.3 is 15.2 Å². The summed E-state index contributed by atoms with van der Waals surface area (Å²) >= 11 is 0. The molecule has 4 rings (SSSR count). The average molecular weight is 745 g/mol. The summed E-state index contributed by atoms with van der Waals surface area (Å²) in [6.45, 7) is 5.32. The van der Waals surface area contributed by atoms with E-state index in [0.29, 0.717) is 17.7 Å². The molecule has 2 aromatic carbocycles. The Labute approximate surface area is 252 Å². The minimum Gasteiger partial charge on any atom is -0.393 e. The van der Waals surface area contributed by atoms with Crippen LogP contribution in [0.4, 0.5) is 17.6 Å². The van der Waals surface area contributed by atoms with E-state index in [9.17, 15) is 22.7 Å². The van der Waals surface area contributed by atoms with Crippen LogP contribution in [-0.4, -0.2) is 32.4 Å². The molecule has 0 amide bonds. The molecule has 0 spiro atoms. The Hall–Kier alpha value is -3.23. The van der Waals surface area contributed by atoms with E-state index in [0.717, 1.165) is 50.1 Å². The number of allylic oxidation sites excluding steroid dienone is 1. The molecule has 2 atom stereocenters. The number of benzene rings is 2. The van der Waals surface area contributed by atoms with Crippen LogP contribution in [-0.2, 0) is 20.1 Å². The summed E-state index contributed by atoms with van der Waals surface area (Å²) in [5, 5.41) is 18.3. The molecular weight excluding hydrogens is 713 g/mol. The molecule has 2 heterocycles. The van der Waals surface area contributed by atoms with Gasteiger partial charge in [0.05, 0.1) is 18.4 Å². The van der Waals surface area contributed by atoms with Gasteiger partial charge in [0.1, 0.15) is 11.6 Å². The van der Waals surface area contributed by atoms with Crippen molar-refractivity contribution in [3.63, 3.8) is 0 Å². The van der Waals surface area contributed by atoms with Crippen molar-refractivity contribution in [1.29, 1.82) is 0 Å². The van der Waals surface area contributed by atoms with E-state index in [1.807, 2.05) is 6.08 Å². The molecule has 0 saturated carbocycles. The smallest absolute Gasteiger partial charge is 0.142 e. The van der Waals surface area contributed by atoms with Crippen molar-refractivity contribution in [2.45, 2.75) is 51.2 Å². The van der Waals surface area contributed by atoms with Gasteiger partial charge in [-0.3, -0.25) is 13.8 Å². The van der Waals surface area contributed by atoms with Gasteiger partial charge in [0.15, 0.2) is 0 Å². The second-order valence-electron chi connectivity index (χ2n) is 8.83. The Bertz CT molecular complexity index is 1210. The topological polar surface area (TPSA) is 66.2 Å². The second kappa shape index (κ2) is 19.8. The minimum absolute atomic E-state index is 0. The third-order valence-corrected chi connectivity index (χ3v) is 5.36. The van der Waals surface area contributed by atoms with Gasteiger partial charge in [-0.05, 0) is 44.4 Å². The Balaban J connectivity index is 0.000000306. The number of halogens is 4. The molecule has 4 nitrogen and oxygen atoms in total. The van der Waals surface area contributed by atoms with Crippen LogP contribution in [0.25, 0.3) is 22.5 Å². The molecule has 0 fully saturated rings. The van der Waals surface area contributed by atoms with Crippen molar-refractivity contribution in [2.24, 2.45) is 0 Å². The third-order valence-electron chi connectivity index (χ3n) is 5.36. The van der Waals surface area contributed by atoms with Crippen LogP contribution in [0.1, 0.15) is 39.0 Å². The van der Waals surface area contributed by atoms with Gasteiger partial charge in [-0.1, -0.05) is 36.3 Å². The molecule has 0 bridgehead atoms. The van der Waals surface area contributed by atoms with Crippen molar-refractivity contribution in [3.8, 4) is 22.5 Å². The molecule has 1 radical (unpaired) electrons. The fourth-order valence-corrected chi connectivity index (χ4v) is 3.49. The van der Waals surface area contributed by atoms with E-state index < -0.39 is 23.3 Å². The van der Waals surface area contributed by atoms with Gasteiger partial charge in [0, 0.05) is 49.7 Å². The van der Waals surface area contributed by atoms with E-state index >= 15 is 0 Å². The molecule has 0 saturated heterocycles. The van der Waals surface area contributed by atoms with Crippen molar-refractivity contribution >= 4 is 0 Å². The summed E-state index contributed by atoms with van der Waals surface area (Å²) in [7, 11) is 0. The van der Waals surface area contributed by atoms with E-state index in [1.165, 1.54) is 0 Å². The number of hydrogen-bond acceptors (Lipinski definition) is 4. The third kappa shape index (κ3) is 13.8. The Kier molecular flexibility index (Phi) is 17.3. The Morgan fingerprint density at radius 1 is 0.927 bits per heavy atom. The standard InChI is InChI=1S/2C11H6F2N.C10H20O2.Ir/c12-8-4-5-9(10(13)7-8)11-3-1-2-6-14-11;12-9-6-10(13)11(14-7-9)8-4-2-1-3-5-8;1-3-4-5-6-7-10(12)8-9(2)11;/h2*1-4,6-7H;3,9-12H,1,4-8H2,2H3;/q2*-1;;. The molecular formula is C32H32F4IrN2O2-2.